The molecular formula is C18H20BrN3S. The second-order valence-electron chi connectivity index (χ2n) is 5.45. The van der Waals surface area contributed by atoms with Gasteiger partial charge < -0.3 is 10.6 Å². The molecule has 1 heterocycles. The first-order valence-electron chi connectivity index (χ1n) is 7.84. The Labute approximate surface area is 149 Å². The molecule has 0 unspecified atom stereocenters. The van der Waals surface area contributed by atoms with E-state index in [2.05, 4.69) is 79.5 Å². The quantitative estimate of drug-likeness (QED) is 0.664. The molecule has 1 aliphatic carbocycles. The Balaban J connectivity index is 1.38. The second kappa shape index (κ2) is 8.43. The van der Waals surface area contributed by atoms with Crippen LogP contribution in [0.2, 0.25) is 0 Å². The van der Waals surface area contributed by atoms with Gasteiger partial charge in [0.1, 0.15) is 5.82 Å². The van der Waals surface area contributed by atoms with Crippen molar-refractivity contribution in [2.45, 2.75) is 12.8 Å². The van der Waals surface area contributed by atoms with Crippen molar-refractivity contribution in [2.24, 2.45) is 0 Å². The van der Waals surface area contributed by atoms with Crippen LogP contribution in [0.4, 0.5) is 5.82 Å². The monoisotopic (exact) mass is 389 g/mol. The number of hydrogen-bond acceptors (Lipinski definition) is 4. The first-order chi connectivity index (χ1) is 11.3. The number of halogens is 1. The summed E-state index contributed by atoms with van der Waals surface area (Å²) in [5, 5.41) is 8.15. The third-order valence-electron chi connectivity index (χ3n) is 3.63. The maximum atomic E-state index is 4.49. The molecule has 0 bridgehead atoms. The van der Waals surface area contributed by atoms with Crippen LogP contribution in [0.5, 0.6) is 0 Å². The zero-order chi connectivity index (χ0) is 15.9. The molecule has 0 saturated carbocycles. The van der Waals surface area contributed by atoms with Crippen LogP contribution in [0, 0.1) is 0 Å². The van der Waals surface area contributed by atoms with Gasteiger partial charge in [-0.15, -0.1) is 0 Å². The first-order valence-corrected chi connectivity index (χ1v) is 9.40. The summed E-state index contributed by atoms with van der Waals surface area (Å²) in [6, 6.07) is 8.35. The van der Waals surface area contributed by atoms with Gasteiger partial charge in [0.25, 0.3) is 0 Å². The lowest BCUT2D eigenvalue weighted by Gasteiger charge is -2.07. The van der Waals surface area contributed by atoms with E-state index < -0.39 is 0 Å². The summed E-state index contributed by atoms with van der Waals surface area (Å²) in [4.78, 5) is 0. The number of nitrogens with zero attached hydrogens (tertiary/aromatic N) is 1. The lowest BCUT2D eigenvalue weighted by Crippen LogP contribution is -2.20. The third kappa shape index (κ3) is 4.77. The van der Waals surface area contributed by atoms with Crippen LogP contribution in [-0.4, -0.2) is 24.0 Å². The Hall–Kier alpha value is -1.43. The highest BCUT2D eigenvalue weighted by Gasteiger charge is 2.04. The molecular weight excluding hydrogens is 370 g/mol. The van der Waals surface area contributed by atoms with E-state index in [1.807, 2.05) is 0 Å². The molecule has 0 fully saturated rings. The van der Waals surface area contributed by atoms with Crippen molar-refractivity contribution < 1.29 is 0 Å². The van der Waals surface area contributed by atoms with Gasteiger partial charge in [0.15, 0.2) is 0 Å². The fraction of sp³-hybridized carbons (Fsp3) is 0.278. The van der Waals surface area contributed by atoms with Crippen LogP contribution >= 0.6 is 27.5 Å². The maximum Gasteiger partial charge on any atom is 0.147 e. The van der Waals surface area contributed by atoms with Gasteiger partial charge in [-0.2, -0.15) is 4.37 Å². The highest BCUT2D eigenvalue weighted by molar-refractivity contribution is 9.11. The summed E-state index contributed by atoms with van der Waals surface area (Å²) in [6.45, 7) is 2.82. The molecule has 5 heteroatoms. The van der Waals surface area contributed by atoms with Crippen LogP contribution in [-0.2, 0) is 0 Å². The summed E-state index contributed by atoms with van der Waals surface area (Å²) < 4.78 is 6.95. The molecule has 0 spiro atoms. The Bertz CT molecular complexity index is 746. The van der Waals surface area contributed by atoms with Crippen molar-refractivity contribution in [3.05, 3.63) is 58.6 Å². The minimum Gasteiger partial charge on any atom is -0.369 e. The predicted molar refractivity (Wildman–Crippen MR) is 104 cm³/mol. The highest BCUT2D eigenvalue weighted by Crippen LogP contribution is 2.25. The van der Waals surface area contributed by atoms with E-state index >= 15 is 0 Å². The van der Waals surface area contributed by atoms with Crippen molar-refractivity contribution in [3.8, 4) is 0 Å². The minimum atomic E-state index is 0.902. The highest BCUT2D eigenvalue weighted by atomic mass is 79.9. The van der Waals surface area contributed by atoms with Crippen molar-refractivity contribution in [1.29, 1.82) is 0 Å². The van der Waals surface area contributed by atoms with Crippen LogP contribution in [0.15, 0.2) is 58.6 Å². The predicted octanol–water partition coefficient (Wildman–Crippen LogP) is 4.85. The van der Waals surface area contributed by atoms with E-state index in [1.54, 1.807) is 11.5 Å². The molecule has 0 amide bonds. The molecule has 3 rings (SSSR count). The van der Waals surface area contributed by atoms with Crippen molar-refractivity contribution in [2.75, 3.05) is 25.0 Å². The van der Waals surface area contributed by atoms with E-state index in [0.29, 0.717) is 0 Å². The van der Waals surface area contributed by atoms with Crippen LogP contribution in [0.3, 0.4) is 0 Å². The molecule has 1 aromatic carbocycles. The van der Waals surface area contributed by atoms with Crippen molar-refractivity contribution in [1.82, 2.24) is 9.69 Å². The largest absolute Gasteiger partial charge is 0.369 e. The lowest BCUT2D eigenvalue weighted by molar-refractivity contribution is 0.702. The molecule has 2 N–H and O–H groups in total. The van der Waals surface area contributed by atoms with E-state index in [4.69, 9.17) is 0 Å². The Morgan fingerprint density at radius 1 is 1.22 bits per heavy atom. The molecule has 2 aromatic rings. The number of anilines is 1. The number of benzene rings is 1. The van der Waals surface area contributed by atoms with Gasteiger partial charge >= 0.3 is 0 Å². The van der Waals surface area contributed by atoms with Gasteiger partial charge in [-0.25, -0.2) is 0 Å². The summed E-state index contributed by atoms with van der Waals surface area (Å²) >= 11 is 5.13. The van der Waals surface area contributed by atoms with Gasteiger partial charge in [0, 0.05) is 18.5 Å². The standard InChI is InChI=1S/C18H20BrN3S/c19-15-7-2-1-6-14(12-15)13-20-10-5-11-21-18-16-8-3-4-9-17(16)23-22-18/h1-4,6,8-9,12,20H,5,7,10-11,13H2,(H,21,22). The van der Waals surface area contributed by atoms with E-state index in [9.17, 15) is 0 Å². The smallest absolute Gasteiger partial charge is 0.147 e. The first kappa shape index (κ1) is 16.4. The van der Waals surface area contributed by atoms with Crippen LogP contribution < -0.4 is 10.6 Å². The van der Waals surface area contributed by atoms with Crippen molar-refractivity contribution >= 4 is 43.4 Å². The molecule has 120 valence electrons. The van der Waals surface area contributed by atoms with Gasteiger partial charge in [-0.1, -0.05) is 46.3 Å². The number of hydrogen-bond donors (Lipinski definition) is 2. The summed E-state index contributed by atoms with van der Waals surface area (Å²) in [5.74, 6) is 1.01. The maximum absolute atomic E-state index is 4.49. The number of aromatic nitrogens is 1. The van der Waals surface area contributed by atoms with Crippen LogP contribution in [0.1, 0.15) is 12.8 Å². The van der Waals surface area contributed by atoms with Gasteiger partial charge in [-0.3, -0.25) is 0 Å². The van der Waals surface area contributed by atoms with E-state index in [-0.39, 0.29) is 0 Å². The van der Waals surface area contributed by atoms with E-state index in [1.165, 1.54) is 20.1 Å². The fourth-order valence-electron chi connectivity index (χ4n) is 2.46. The zero-order valence-electron chi connectivity index (χ0n) is 12.9. The number of rotatable bonds is 7. The summed E-state index contributed by atoms with van der Waals surface area (Å²) in [7, 11) is 0. The molecule has 23 heavy (non-hydrogen) atoms. The zero-order valence-corrected chi connectivity index (χ0v) is 15.3. The molecule has 1 aromatic heterocycles. The molecule has 0 saturated heterocycles. The van der Waals surface area contributed by atoms with Gasteiger partial charge in [0.2, 0.25) is 0 Å². The Morgan fingerprint density at radius 2 is 2.13 bits per heavy atom. The topological polar surface area (TPSA) is 37.0 Å². The number of fused-ring (bicyclic) bond motifs is 1. The average molecular weight is 390 g/mol. The molecule has 0 radical (unpaired) electrons. The van der Waals surface area contributed by atoms with Gasteiger partial charge in [0.05, 0.1) is 4.70 Å². The molecule has 0 aliphatic heterocycles. The van der Waals surface area contributed by atoms with Crippen LogP contribution in [0.25, 0.3) is 10.1 Å². The molecule has 1 aliphatic rings. The summed E-state index contributed by atoms with van der Waals surface area (Å²) in [6.07, 6.45) is 10.7. The third-order valence-corrected chi connectivity index (χ3v) is 5.01. The van der Waals surface area contributed by atoms with Crippen molar-refractivity contribution in [3.63, 3.8) is 0 Å². The summed E-state index contributed by atoms with van der Waals surface area (Å²) in [5.41, 5.74) is 1.31. The lowest BCUT2D eigenvalue weighted by atomic mass is 10.2. The average Bonchev–Trinajstić information content (AvgIpc) is 2.86. The SMILES string of the molecule is BrC1=CC(CNCCCNc2nsc3ccccc23)=CC=CC1. The fourth-order valence-corrected chi connectivity index (χ4v) is 3.69. The molecule has 3 nitrogen and oxygen atoms in total. The van der Waals surface area contributed by atoms with E-state index in [0.717, 1.165) is 38.3 Å². The normalized spacial score (nSPS) is 14.5. The van der Waals surface area contributed by atoms with Gasteiger partial charge in [-0.05, 0) is 59.2 Å². The Morgan fingerprint density at radius 3 is 3.09 bits per heavy atom. The Kier molecular flexibility index (Phi) is 6.02. The number of allylic oxidation sites excluding steroid dienone is 4. The number of nitrogens with one attached hydrogen (secondary N) is 2. The minimum absolute atomic E-state index is 0.902. The molecule has 0 atom stereocenters. The second-order valence-corrected chi connectivity index (χ2v) is 7.27.